The molecule has 0 aliphatic rings. The Bertz CT molecular complexity index is 106. The highest BCUT2D eigenvalue weighted by Crippen LogP contribution is 2.05. The number of rotatable bonds is 3. The van der Waals surface area contributed by atoms with Crippen molar-refractivity contribution in [1.82, 2.24) is 0 Å². The maximum atomic E-state index is 2.23. The van der Waals surface area contributed by atoms with Crippen LogP contribution in [0.4, 0.5) is 0 Å². The summed E-state index contributed by atoms with van der Waals surface area (Å²) in [5.74, 6) is 0. The van der Waals surface area contributed by atoms with E-state index in [0.29, 0.717) is 0 Å². The van der Waals surface area contributed by atoms with Gasteiger partial charge in [-0.15, -0.1) is 0 Å². The SMILES string of the molecule is CCC(=CC=CI)CC. The predicted molar refractivity (Wildman–Crippen MR) is 51.8 cm³/mol. The molecule has 0 aromatic heterocycles. The molecule has 0 aliphatic carbocycles. The summed E-state index contributed by atoms with van der Waals surface area (Å²) in [7, 11) is 0. The van der Waals surface area contributed by atoms with Crippen LogP contribution < -0.4 is 0 Å². The summed E-state index contributed by atoms with van der Waals surface area (Å²) in [6.45, 7) is 4.38. The van der Waals surface area contributed by atoms with Gasteiger partial charge in [0.25, 0.3) is 0 Å². The minimum Gasteiger partial charge on any atom is -0.0707 e. The molecule has 0 bridgehead atoms. The molecule has 0 aromatic rings. The van der Waals surface area contributed by atoms with Gasteiger partial charge < -0.3 is 0 Å². The lowest BCUT2D eigenvalue weighted by molar-refractivity contribution is 0.978. The van der Waals surface area contributed by atoms with Gasteiger partial charge in [-0.3, -0.25) is 0 Å². The molecule has 0 N–H and O–H groups in total. The fourth-order valence-corrected chi connectivity index (χ4v) is 0.866. The van der Waals surface area contributed by atoms with Gasteiger partial charge in [0.05, 0.1) is 0 Å². The van der Waals surface area contributed by atoms with Gasteiger partial charge in [-0.05, 0) is 16.9 Å². The quantitative estimate of drug-likeness (QED) is 0.518. The molecule has 0 aromatic carbocycles. The molecule has 9 heavy (non-hydrogen) atoms. The molecule has 0 spiro atoms. The molecule has 0 saturated heterocycles. The highest BCUT2D eigenvalue weighted by molar-refractivity contribution is 14.1. The second-order valence-corrected chi connectivity index (χ2v) is 2.57. The van der Waals surface area contributed by atoms with Crippen LogP contribution in [-0.2, 0) is 0 Å². The number of allylic oxidation sites excluding steroid dienone is 3. The van der Waals surface area contributed by atoms with E-state index in [1.807, 2.05) is 4.08 Å². The van der Waals surface area contributed by atoms with Crippen molar-refractivity contribution in [3.8, 4) is 0 Å². The van der Waals surface area contributed by atoms with Crippen LogP contribution in [0, 0.1) is 0 Å². The fraction of sp³-hybridized carbons (Fsp3) is 0.500. The van der Waals surface area contributed by atoms with Crippen LogP contribution in [-0.4, -0.2) is 0 Å². The van der Waals surface area contributed by atoms with Gasteiger partial charge in [-0.1, -0.05) is 54.2 Å². The fourth-order valence-electron chi connectivity index (χ4n) is 0.658. The van der Waals surface area contributed by atoms with Crippen LogP contribution in [0.15, 0.2) is 21.8 Å². The van der Waals surface area contributed by atoms with Gasteiger partial charge in [0.1, 0.15) is 0 Å². The van der Waals surface area contributed by atoms with Crippen LogP contribution in [0.2, 0.25) is 0 Å². The first-order valence-electron chi connectivity index (χ1n) is 3.29. The summed E-state index contributed by atoms with van der Waals surface area (Å²) in [4.78, 5) is 0. The second-order valence-electron chi connectivity index (χ2n) is 1.85. The highest BCUT2D eigenvalue weighted by Gasteiger charge is 1.84. The number of hydrogen-bond donors (Lipinski definition) is 0. The summed E-state index contributed by atoms with van der Waals surface area (Å²) < 4.78 is 2.03. The van der Waals surface area contributed by atoms with Gasteiger partial charge in [-0.2, -0.15) is 0 Å². The largest absolute Gasteiger partial charge is 0.0707 e. The summed E-state index contributed by atoms with van der Waals surface area (Å²) in [5.41, 5.74) is 1.52. The average Bonchev–Trinajstić information content (AvgIpc) is 1.91. The third-order valence-electron chi connectivity index (χ3n) is 1.31. The van der Waals surface area contributed by atoms with Gasteiger partial charge in [0.2, 0.25) is 0 Å². The number of hydrogen-bond acceptors (Lipinski definition) is 0. The Morgan fingerprint density at radius 2 is 1.89 bits per heavy atom. The molecule has 0 unspecified atom stereocenters. The summed E-state index contributed by atoms with van der Waals surface area (Å²) in [6.07, 6.45) is 6.63. The van der Waals surface area contributed by atoms with Crippen molar-refractivity contribution < 1.29 is 0 Å². The van der Waals surface area contributed by atoms with Gasteiger partial charge in [-0.25, -0.2) is 0 Å². The van der Waals surface area contributed by atoms with E-state index in [0.717, 1.165) is 0 Å². The lowest BCUT2D eigenvalue weighted by Crippen LogP contribution is -1.73. The molecular formula is C8H13I. The molecule has 0 heterocycles. The molecule has 0 amide bonds. The molecule has 0 rings (SSSR count). The Morgan fingerprint density at radius 3 is 2.22 bits per heavy atom. The third kappa shape index (κ3) is 4.70. The van der Waals surface area contributed by atoms with E-state index in [-0.39, 0.29) is 0 Å². The topological polar surface area (TPSA) is 0 Å². The van der Waals surface area contributed by atoms with E-state index < -0.39 is 0 Å². The first-order valence-corrected chi connectivity index (χ1v) is 4.54. The summed E-state index contributed by atoms with van der Waals surface area (Å²) >= 11 is 2.23. The van der Waals surface area contributed by atoms with Crippen LogP contribution in [0.3, 0.4) is 0 Å². The minimum atomic E-state index is 1.18. The maximum Gasteiger partial charge on any atom is -0.0234 e. The van der Waals surface area contributed by atoms with Crippen LogP contribution >= 0.6 is 22.6 Å². The Balaban J connectivity index is 3.75. The molecule has 1 heteroatoms. The van der Waals surface area contributed by atoms with Gasteiger partial charge >= 0.3 is 0 Å². The monoisotopic (exact) mass is 236 g/mol. The molecule has 0 aliphatic heterocycles. The number of halogens is 1. The zero-order valence-corrected chi connectivity index (χ0v) is 8.18. The Hall–Kier alpha value is 0.210. The van der Waals surface area contributed by atoms with Crippen LogP contribution in [0.25, 0.3) is 0 Å². The smallest absolute Gasteiger partial charge is 0.0234 e. The van der Waals surface area contributed by atoms with Crippen molar-refractivity contribution in [3.63, 3.8) is 0 Å². The molecule has 52 valence electrons. The third-order valence-corrected chi connectivity index (χ3v) is 1.73. The van der Waals surface area contributed by atoms with Crippen molar-refractivity contribution >= 4 is 22.6 Å². The Morgan fingerprint density at radius 1 is 1.33 bits per heavy atom. The summed E-state index contributed by atoms with van der Waals surface area (Å²) in [5, 5.41) is 0. The van der Waals surface area contributed by atoms with Crippen molar-refractivity contribution in [2.24, 2.45) is 0 Å². The van der Waals surface area contributed by atoms with Crippen molar-refractivity contribution in [1.29, 1.82) is 0 Å². The van der Waals surface area contributed by atoms with Crippen molar-refractivity contribution in [2.45, 2.75) is 26.7 Å². The second kappa shape index (κ2) is 6.33. The lowest BCUT2D eigenvalue weighted by atomic mass is 10.1. The van der Waals surface area contributed by atoms with E-state index in [1.165, 1.54) is 18.4 Å². The van der Waals surface area contributed by atoms with Crippen LogP contribution in [0.1, 0.15) is 26.7 Å². The van der Waals surface area contributed by atoms with Crippen LogP contribution in [0.5, 0.6) is 0 Å². The van der Waals surface area contributed by atoms with Crippen molar-refractivity contribution in [3.05, 3.63) is 21.8 Å². The van der Waals surface area contributed by atoms with E-state index in [4.69, 9.17) is 0 Å². The predicted octanol–water partition coefficient (Wildman–Crippen LogP) is 3.68. The molecule has 0 atom stereocenters. The van der Waals surface area contributed by atoms with E-state index in [9.17, 15) is 0 Å². The van der Waals surface area contributed by atoms with Gasteiger partial charge in [0, 0.05) is 0 Å². The molecule has 0 nitrogen and oxygen atoms in total. The van der Waals surface area contributed by atoms with E-state index in [1.54, 1.807) is 0 Å². The average molecular weight is 236 g/mol. The zero-order chi connectivity index (χ0) is 7.11. The van der Waals surface area contributed by atoms with E-state index >= 15 is 0 Å². The first-order chi connectivity index (χ1) is 4.35. The first kappa shape index (κ1) is 9.21. The lowest BCUT2D eigenvalue weighted by Gasteiger charge is -1.94. The molecule has 0 saturated carbocycles. The van der Waals surface area contributed by atoms with Crippen molar-refractivity contribution in [2.75, 3.05) is 0 Å². The normalized spacial score (nSPS) is 10.1. The van der Waals surface area contributed by atoms with E-state index in [2.05, 4.69) is 48.6 Å². The summed E-state index contributed by atoms with van der Waals surface area (Å²) in [6, 6.07) is 0. The Kier molecular flexibility index (Phi) is 6.48. The molecule has 0 radical (unpaired) electrons. The Labute approximate surface area is 71.2 Å². The van der Waals surface area contributed by atoms with Gasteiger partial charge in [0.15, 0.2) is 0 Å². The molecule has 0 fully saturated rings. The standard InChI is InChI=1S/C8H13I/c1-3-8(4-2)6-5-7-9/h5-7H,3-4H2,1-2H3. The highest BCUT2D eigenvalue weighted by atomic mass is 127. The maximum absolute atomic E-state index is 2.23. The zero-order valence-electron chi connectivity index (χ0n) is 6.02. The molecular weight excluding hydrogens is 223 g/mol. The minimum absolute atomic E-state index is 1.18.